The molecule has 1 amide bonds. The lowest BCUT2D eigenvalue weighted by molar-refractivity contribution is 0.102. The minimum absolute atomic E-state index is 0.225. The Balaban J connectivity index is 1.86. The van der Waals surface area contributed by atoms with Gasteiger partial charge in [0.2, 0.25) is 5.95 Å². The van der Waals surface area contributed by atoms with Crippen LogP contribution >= 0.6 is 0 Å². The molecule has 134 valence electrons. The molecule has 27 heavy (non-hydrogen) atoms. The number of para-hydroxylation sites is 1. The Morgan fingerprint density at radius 2 is 1.78 bits per heavy atom. The highest BCUT2D eigenvalue weighted by Crippen LogP contribution is 2.20. The van der Waals surface area contributed by atoms with Crippen molar-refractivity contribution in [2.45, 2.75) is 20.8 Å². The normalized spacial score (nSPS) is 10.1. The molecule has 1 aromatic heterocycles. The number of carbonyl (C=O) groups excluding carboxylic acids is 1. The Hall–Kier alpha value is -3.72. The lowest BCUT2D eigenvalue weighted by atomic mass is 10.1. The molecule has 1 heterocycles. The molecule has 0 atom stereocenters. The molecule has 0 radical (unpaired) electrons. The predicted octanol–water partition coefficient (Wildman–Crippen LogP) is 4.27. The molecule has 0 aliphatic carbocycles. The second-order valence-corrected chi connectivity index (χ2v) is 6.27. The number of rotatable bonds is 4. The van der Waals surface area contributed by atoms with Crippen LogP contribution in [0.1, 0.15) is 32.9 Å². The number of nitriles is 1. The zero-order valence-electron chi connectivity index (χ0n) is 15.4. The molecule has 0 bridgehead atoms. The average Bonchev–Trinajstić information content (AvgIpc) is 2.64. The van der Waals surface area contributed by atoms with Crippen LogP contribution in [-0.2, 0) is 0 Å². The van der Waals surface area contributed by atoms with E-state index >= 15 is 0 Å². The molecule has 0 aliphatic rings. The van der Waals surface area contributed by atoms with E-state index in [0.29, 0.717) is 22.9 Å². The smallest absolute Gasteiger partial charge is 0.274 e. The largest absolute Gasteiger partial charge is 0.324 e. The van der Waals surface area contributed by atoms with Gasteiger partial charge in [0.1, 0.15) is 11.8 Å². The standard InChI is InChI=1S/C21H19N5O/c1-13-8-9-17(14(2)10-13)25-21-23-15(3)11-19(26-21)20(27)24-18-7-5-4-6-16(18)12-22/h4-11H,1-3H3,(H,24,27)(H,23,25,26). The van der Waals surface area contributed by atoms with E-state index < -0.39 is 5.91 Å². The van der Waals surface area contributed by atoms with Crippen LogP contribution in [0.2, 0.25) is 0 Å². The van der Waals surface area contributed by atoms with Crippen LogP contribution in [0.25, 0.3) is 0 Å². The highest BCUT2D eigenvalue weighted by atomic mass is 16.1. The zero-order chi connectivity index (χ0) is 19.4. The maximum absolute atomic E-state index is 12.6. The molecule has 0 unspecified atom stereocenters. The molecule has 6 nitrogen and oxygen atoms in total. The van der Waals surface area contributed by atoms with Crippen molar-refractivity contribution in [3.63, 3.8) is 0 Å². The maximum atomic E-state index is 12.6. The van der Waals surface area contributed by atoms with Crippen molar-refractivity contribution in [1.82, 2.24) is 9.97 Å². The van der Waals surface area contributed by atoms with Gasteiger partial charge < -0.3 is 10.6 Å². The van der Waals surface area contributed by atoms with E-state index in [2.05, 4.69) is 32.7 Å². The number of anilines is 3. The van der Waals surface area contributed by atoms with Crippen LogP contribution in [0.4, 0.5) is 17.3 Å². The summed E-state index contributed by atoms with van der Waals surface area (Å²) < 4.78 is 0. The fourth-order valence-corrected chi connectivity index (χ4v) is 2.69. The maximum Gasteiger partial charge on any atom is 0.274 e. The van der Waals surface area contributed by atoms with Crippen molar-refractivity contribution in [1.29, 1.82) is 5.26 Å². The van der Waals surface area contributed by atoms with Crippen LogP contribution < -0.4 is 10.6 Å². The molecule has 0 spiro atoms. The second-order valence-electron chi connectivity index (χ2n) is 6.27. The summed E-state index contributed by atoms with van der Waals surface area (Å²) in [7, 11) is 0. The third-order valence-electron chi connectivity index (χ3n) is 4.01. The molecule has 3 aromatic rings. The Morgan fingerprint density at radius 1 is 1.00 bits per heavy atom. The van der Waals surface area contributed by atoms with Gasteiger partial charge in [-0.25, -0.2) is 9.97 Å². The minimum Gasteiger partial charge on any atom is -0.324 e. The van der Waals surface area contributed by atoms with Crippen LogP contribution in [-0.4, -0.2) is 15.9 Å². The van der Waals surface area contributed by atoms with Crippen molar-refractivity contribution >= 4 is 23.2 Å². The highest BCUT2D eigenvalue weighted by molar-refractivity contribution is 6.03. The van der Waals surface area contributed by atoms with E-state index in [1.165, 1.54) is 5.56 Å². The molecule has 2 aromatic carbocycles. The summed E-state index contributed by atoms with van der Waals surface area (Å²) in [6.45, 7) is 5.83. The summed E-state index contributed by atoms with van der Waals surface area (Å²) in [5.74, 6) is -0.0486. The fraction of sp³-hybridized carbons (Fsp3) is 0.143. The Morgan fingerprint density at radius 3 is 2.52 bits per heavy atom. The third-order valence-corrected chi connectivity index (χ3v) is 4.01. The molecule has 6 heteroatoms. The van der Waals surface area contributed by atoms with Gasteiger partial charge in [-0.3, -0.25) is 4.79 Å². The number of aryl methyl sites for hydroxylation is 3. The second kappa shape index (κ2) is 7.67. The summed E-state index contributed by atoms with van der Waals surface area (Å²) in [5, 5.41) is 15.1. The van der Waals surface area contributed by atoms with Crippen molar-refractivity contribution in [2.75, 3.05) is 10.6 Å². The molecule has 0 aliphatic heterocycles. The first-order valence-corrected chi connectivity index (χ1v) is 8.46. The summed E-state index contributed by atoms with van der Waals surface area (Å²) in [6, 6.07) is 16.5. The lowest BCUT2D eigenvalue weighted by Crippen LogP contribution is -2.16. The Kier molecular flexibility index (Phi) is 5.13. The van der Waals surface area contributed by atoms with E-state index in [1.54, 1.807) is 37.3 Å². The van der Waals surface area contributed by atoms with E-state index in [-0.39, 0.29) is 5.69 Å². The zero-order valence-corrected chi connectivity index (χ0v) is 15.4. The Labute approximate surface area is 157 Å². The number of benzene rings is 2. The first-order valence-electron chi connectivity index (χ1n) is 8.46. The number of amides is 1. The summed E-state index contributed by atoms with van der Waals surface area (Å²) in [4.78, 5) is 21.3. The van der Waals surface area contributed by atoms with E-state index in [0.717, 1.165) is 11.3 Å². The summed E-state index contributed by atoms with van der Waals surface area (Å²) >= 11 is 0. The summed E-state index contributed by atoms with van der Waals surface area (Å²) in [6.07, 6.45) is 0. The molecule has 3 rings (SSSR count). The first kappa shape index (κ1) is 18.1. The molecule has 0 saturated heterocycles. The fourth-order valence-electron chi connectivity index (χ4n) is 2.69. The SMILES string of the molecule is Cc1ccc(Nc2nc(C)cc(C(=O)Nc3ccccc3C#N)n2)c(C)c1. The molecule has 2 N–H and O–H groups in total. The number of aromatic nitrogens is 2. The number of nitrogens with one attached hydrogen (secondary N) is 2. The van der Waals surface area contributed by atoms with Gasteiger partial charge >= 0.3 is 0 Å². The van der Waals surface area contributed by atoms with Crippen molar-refractivity contribution < 1.29 is 4.79 Å². The van der Waals surface area contributed by atoms with Crippen molar-refractivity contribution in [2.24, 2.45) is 0 Å². The number of hydrogen-bond donors (Lipinski definition) is 2. The molecular formula is C21H19N5O. The number of carbonyl (C=O) groups is 1. The lowest BCUT2D eigenvalue weighted by Gasteiger charge is -2.11. The highest BCUT2D eigenvalue weighted by Gasteiger charge is 2.13. The van der Waals surface area contributed by atoms with Crippen LogP contribution in [0, 0.1) is 32.1 Å². The number of hydrogen-bond acceptors (Lipinski definition) is 5. The van der Waals surface area contributed by atoms with Gasteiger partial charge in [-0.1, -0.05) is 29.8 Å². The van der Waals surface area contributed by atoms with Crippen molar-refractivity contribution in [3.05, 3.63) is 76.6 Å². The van der Waals surface area contributed by atoms with Gasteiger partial charge in [0.15, 0.2) is 0 Å². The van der Waals surface area contributed by atoms with Gasteiger partial charge in [0.05, 0.1) is 11.3 Å². The molecule has 0 fully saturated rings. The van der Waals surface area contributed by atoms with Crippen LogP contribution in [0.5, 0.6) is 0 Å². The van der Waals surface area contributed by atoms with E-state index in [9.17, 15) is 4.79 Å². The van der Waals surface area contributed by atoms with E-state index in [4.69, 9.17) is 5.26 Å². The van der Waals surface area contributed by atoms with Gasteiger partial charge in [-0.05, 0) is 50.6 Å². The topological polar surface area (TPSA) is 90.7 Å². The van der Waals surface area contributed by atoms with Gasteiger partial charge in [0, 0.05) is 11.4 Å². The first-order chi connectivity index (χ1) is 13.0. The number of nitrogens with zero attached hydrogens (tertiary/aromatic N) is 3. The predicted molar refractivity (Wildman–Crippen MR) is 105 cm³/mol. The summed E-state index contributed by atoms with van der Waals surface area (Å²) in [5.41, 5.74) is 4.84. The molecular weight excluding hydrogens is 338 g/mol. The van der Waals surface area contributed by atoms with Crippen LogP contribution in [0.3, 0.4) is 0 Å². The van der Waals surface area contributed by atoms with Gasteiger partial charge in [-0.2, -0.15) is 5.26 Å². The third kappa shape index (κ3) is 4.28. The van der Waals surface area contributed by atoms with Gasteiger partial charge in [0.25, 0.3) is 5.91 Å². The Bertz CT molecular complexity index is 1050. The minimum atomic E-state index is -0.396. The van der Waals surface area contributed by atoms with Crippen molar-refractivity contribution in [3.8, 4) is 6.07 Å². The van der Waals surface area contributed by atoms with E-state index in [1.807, 2.05) is 26.0 Å². The molecule has 0 saturated carbocycles. The quantitative estimate of drug-likeness (QED) is 0.728. The monoisotopic (exact) mass is 357 g/mol. The van der Waals surface area contributed by atoms with Crippen LogP contribution in [0.15, 0.2) is 48.5 Å². The van der Waals surface area contributed by atoms with Gasteiger partial charge in [-0.15, -0.1) is 0 Å². The average molecular weight is 357 g/mol.